The summed E-state index contributed by atoms with van der Waals surface area (Å²) < 4.78 is 12.9. The van der Waals surface area contributed by atoms with E-state index in [1.54, 1.807) is 6.92 Å². The van der Waals surface area contributed by atoms with Crippen molar-refractivity contribution >= 4 is 5.69 Å². The quantitative estimate of drug-likeness (QED) is 0.718. The lowest BCUT2D eigenvalue weighted by atomic mass is 9.93. The summed E-state index contributed by atoms with van der Waals surface area (Å²) in [6.45, 7) is 1.63. The first-order valence-corrected chi connectivity index (χ1v) is 5.20. The first-order chi connectivity index (χ1) is 8.04. The van der Waals surface area contributed by atoms with E-state index in [-0.39, 0.29) is 18.8 Å². The SMILES string of the molecule is CC(CO)(CO)CNc1ccc(F)cc1C#N. The fraction of sp³-hybridized carbons (Fsp3) is 0.417. The second-order valence-corrected chi connectivity index (χ2v) is 4.28. The maximum atomic E-state index is 12.9. The minimum Gasteiger partial charge on any atom is -0.396 e. The van der Waals surface area contributed by atoms with E-state index in [9.17, 15) is 4.39 Å². The summed E-state index contributed by atoms with van der Waals surface area (Å²) in [7, 11) is 0. The van der Waals surface area contributed by atoms with Crippen molar-refractivity contribution in [3.63, 3.8) is 0 Å². The van der Waals surface area contributed by atoms with Crippen molar-refractivity contribution < 1.29 is 14.6 Å². The van der Waals surface area contributed by atoms with E-state index < -0.39 is 11.2 Å². The number of nitrogens with zero attached hydrogens (tertiary/aromatic N) is 1. The fourth-order valence-corrected chi connectivity index (χ4v) is 1.23. The Morgan fingerprint density at radius 2 is 2.06 bits per heavy atom. The van der Waals surface area contributed by atoms with Gasteiger partial charge in [-0.25, -0.2) is 4.39 Å². The van der Waals surface area contributed by atoms with Crippen molar-refractivity contribution in [1.29, 1.82) is 5.26 Å². The van der Waals surface area contributed by atoms with Crippen molar-refractivity contribution in [2.75, 3.05) is 25.1 Å². The molecule has 17 heavy (non-hydrogen) atoms. The van der Waals surface area contributed by atoms with Crippen LogP contribution in [0.5, 0.6) is 0 Å². The second-order valence-electron chi connectivity index (χ2n) is 4.28. The second kappa shape index (κ2) is 5.62. The van der Waals surface area contributed by atoms with E-state index in [0.717, 1.165) is 6.07 Å². The average molecular weight is 238 g/mol. The van der Waals surface area contributed by atoms with E-state index >= 15 is 0 Å². The number of hydrogen-bond donors (Lipinski definition) is 3. The van der Waals surface area contributed by atoms with Gasteiger partial charge in [0.1, 0.15) is 11.9 Å². The molecule has 0 aliphatic carbocycles. The van der Waals surface area contributed by atoms with Gasteiger partial charge in [0.05, 0.1) is 24.5 Å². The molecule has 0 saturated heterocycles. The summed E-state index contributed by atoms with van der Waals surface area (Å²) in [5, 5.41) is 30.0. The van der Waals surface area contributed by atoms with Crippen LogP contribution in [-0.4, -0.2) is 30.0 Å². The summed E-state index contributed by atoms with van der Waals surface area (Å²) in [6.07, 6.45) is 0. The Kier molecular flexibility index (Phi) is 4.44. The van der Waals surface area contributed by atoms with Crippen molar-refractivity contribution in [2.45, 2.75) is 6.92 Å². The number of rotatable bonds is 5. The summed E-state index contributed by atoms with van der Waals surface area (Å²) in [5.74, 6) is -0.473. The molecule has 0 atom stereocenters. The molecule has 0 spiro atoms. The molecule has 0 radical (unpaired) electrons. The van der Waals surface area contributed by atoms with Crippen molar-refractivity contribution in [1.82, 2.24) is 0 Å². The molecule has 4 nitrogen and oxygen atoms in total. The third-order valence-corrected chi connectivity index (χ3v) is 2.57. The molecule has 1 aromatic rings. The molecule has 1 rings (SSSR count). The molecule has 5 heteroatoms. The van der Waals surface area contributed by atoms with Crippen LogP contribution >= 0.6 is 0 Å². The predicted octanol–water partition coefficient (Wildman–Crippen LogP) is 1.10. The third kappa shape index (κ3) is 3.41. The average Bonchev–Trinajstić information content (AvgIpc) is 2.36. The lowest BCUT2D eigenvalue weighted by Crippen LogP contribution is -2.34. The number of anilines is 1. The topological polar surface area (TPSA) is 76.3 Å². The molecule has 0 aliphatic rings. The number of hydrogen-bond acceptors (Lipinski definition) is 4. The van der Waals surface area contributed by atoms with E-state index in [0.29, 0.717) is 12.2 Å². The van der Waals surface area contributed by atoms with Crippen LogP contribution in [0.25, 0.3) is 0 Å². The highest BCUT2D eigenvalue weighted by molar-refractivity contribution is 5.57. The van der Waals surface area contributed by atoms with Gasteiger partial charge in [-0.1, -0.05) is 6.92 Å². The minimum absolute atomic E-state index is 0.181. The van der Waals surface area contributed by atoms with Crippen LogP contribution in [0.3, 0.4) is 0 Å². The molecule has 1 aromatic carbocycles. The van der Waals surface area contributed by atoms with Gasteiger partial charge in [-0.15, -0.1) is 0 Å². The number of benzene rings is 1. The number of nitrogens with one attached hydrogen (secondary N) is 1. The van der Waals surface area contributed by atoms with Crippen LogP contribution in [0.2, 0.25) is 0 Å². The van der Waals surface area contributed by atoms with Crippen LogP contribution in [-0.2, 0) is 0 Å². The van der Waals surface area contributed by atoms with Crippen LogP contribution in [0.15, 0.2) is 18.2 Å². The molecular formula is C12H15FN2O2. The van der Waals surface area contributed by atoms with Crippen molar-refractivity contribution in [3.05, 3.63) is 29.6 Å². The highest BCUT2D eigenvalue weighted by atomic mass is 19.1. The normalized spacial score (nSPS) is 11.0. The zero-order valence-electron chi connectivity index (χ0n) is 9.57. The molecule has 92 valence electrons. The van der Waals surface area contributed by atoms with Crippen LogP contribution in [0.4, 0.5) is 10.1 Å². The minimum atomic E-state index is -0.679. The molecule has 0 amide bonds. The van der Waals surface area contributed by atoms with Gasteiger partial charge in [0.25, 0.3) is 0 Å². The molecule has 0 aromatic heterocycles. The van der Waals surface area contributed by atoms with Crippen molar-refractivity contribution in [2.24, 2.45) is 5.41 Å². The van der Waals surface area contributed by atoms with Gasteiger partial charge in [0.2, 0.25) is 0 Å². The van der Waals surface area contributed by atoms with Gasteiger partial charge in [-0.3, -0.25) is 0 Å². The Bertz CT molecular complexity index is 425. The molecule has 3 N–H and O–H groups in total. The third-order valence-electron chi connectivity index (χ3n) is 2.57. The van der Waals surface area contributed by atoms with Crippen molar-refractivity contribution in [3.8, 4) is 6.07 Å². The standard InChI is InChI=1S/C12H15FN2O2/c1-12(7-16,8-17)6-15-11-3-2-10(13)4-9(11)5-14/h2-4,15-17H,6-8H2,1H3. The van der Waals surface area contributed by atoms with Gasteiger partial charge >= 0.3 is 0 Å². The highest BCUT2D eigenvalue weighted by Gasteiger charge is 2.22. The van der Waals surface area contributed by atoms with E-state index in [1.165, 1.54) is 12.1 Å². The molecule has 0 saturated carbocycles. The van der Waals surface area contributed by atoms with E-state index in [1.807, 2.05) is 6.07 Å². The van der Waals surface area contributed by atoms with Crippen LogP contribution in [0.1, 0.15) is 12.5 Å². The first kappa shape index (κ1) is 13.4. The smallest absolute Gasteiger partial charge is 0.124 e. The summed E-state index contributed by atoms with van der Waals surface area (Å²) in [6, 6.07) is 5.73. The molecule has 0 fully saturated rings. The maximum Gasteiger partial charge on any atom is 0.124 e. The first-order valence-electron chi connectivity index (χ1n) is 5.20. The monoisotopic (exact) mass is 238 g/mol. The van der Waals surface area contributed by atoms with Crippen LogP contribution in [0, 0.1) is 22.6 Å². The Labute approximate surface area is 99.3 Å². The molecule has 0 heterocycles. The fourth-order valence-electron chi connectivity index (χ4n) is 1.23. The van der Waals surface area contributed by atoms with E-state index in [4.69, 9.17) is 15.5 Å². The molecular weight excluding hydrogens is 223 g/mol. The Balaban J connectivity index is 2.80. The number of halogens is 1. The Morgan fingerprint density at radius 1 is 1.41 bits per heavy atom. The molecule has 0 bridgehead atoms. The van der Waals surface area contributed by atoms with Crippen LogP contribution < -0.4 is 5.32 Å². The predicted molar refractivity (Wildman–Crippen MR) is 61.9 cm³/mol. The lowest BCUT2D eigenvalue weighted by molar-refractivity contribution is 0.0806. The largest absolute Gasteiger partial charge is 0.396 e. The van der Waals surface area contributed by atoms with Gasteiger partial charge in [-0.05, 0) is 18.2 Å². The number of nitriles is 1. The summed E-state index contributed by atoms with van der Waals surface area (Å²) in [4.78, 5) is 0. The zero-order valence-corrected chi connectivity index (χ0v) is 9.57. The summed E-state index contributed by atoms with van der Waals surface area (Å²) in [5.41, 5.74) is 0.00597. The summed E-state index contributed by atoms with van der Waals surface area (Å²) >= 11 is 0. The Morgan fingerprint density at radius 3 is 2.59 bits per heavy atom. The number of aliphatic hydroxyl groups excluding tert-OH is 2. The zero-order chi connectivity index (χ0) is 12.9. The highest BCUT2D eigenvalue weighted by Crippen LogP contribution is 2.20. The van der Waals surface area contributed by atoms with Gasteiger partial charge in [0.15, 0.2) is 0 Å². The van der Waals surface area contributed by atoms with E-state index in [2.05, 4.69) is 5.32 Å². The lowest BCUT2D eigenvalue weighted by Gasteiger charge is -2.25. The van der Waals surface area contributed by atoms with Gasteiger partial charge in [0, 0.05) is 12.0 Å². The number of aliphatic hydroxyl groups is 2. The van der Waals surface area contributed by atoms with Gasteiger partial charge < -0.3 is 15.5 Å². The Hall–Kier alpha value is -1.64. The molecule has 0 aliphatic heterocycles. The molecule has 0 unspecified atom stereocenters. The maximum absolute atomic E-state index is 12.9. The van der Waals surface area contributed by atoms with Gasteiger partial charge in [-0.2, -0.15) is 5.26 Å².